The summed E-state index contributed by atoms with van der Waals surface area (Å²) in [5.41, 5.74) is 0.0827. The van der Waals surface area contributed by atoms with E-state index in [1.807, 2.05) is 19.9 Å². The molecule has 0 saturated carbocycles. The smallest absolute Gasteiger partial charge is 0.337 e. The van der Waals surface area contributed by atoms with Crippen molar-refractivity contribution in [2.45, 2.75) is 26.3 Å². The third-order valence-corrected chi connectivity index (χ3v) is 3.04. The normalized spacial score (nSPS) is 10.0. The van der Waals surface area contributed by atoms with Crippen molar-refractivity contribution in [3.8, 4) is 6.07 Å². The molecule has 0 unspecified atom stereocenters. The summed E-state index contributed by atoms with van der Waals surface area (Å²) < 4.78 is 0. The minimum absolute atomic E-state index is 0.0835. The second-order valence-electron chi connectivity index (χ2n) is 4.62. The number of hydrogen-bond acceptors (Lipinski definition) is 3. The lowest BCUT2D eigenvalue weighted by Gasteiger charge is -2.26. The molecular formula is C14H16ClN3O3. The molecule has 2 N–H and O–H groups in total. The quantitative estimate of drug-likeness (QED) is 0.873. The van der Waals surface area contributed by atoms with Crippen molar-refractivity contribution in [1.82, 2.24) is 4.90 Å². The minimum Gasteiger partial charge on any atom is -0.478 e. The second kappa shape index (κ2) is 7.50. The molecule has 0 bridgehead atoms. The molecule has 7 heteroatoms. The van der Waals surface area contributed by atoms with Crippen LogP contribution in [0.5, 0.6) is 0 Å². The van der Waals surface area contributed by atoms with Gasteiger partial charge in [-0.3, -0.25) is 0 Å². The van der Waals surface area contributed by atoms with E-state index in [0.717, 1.165) is 0 Å². The van der Waals surface area contributed by atoms with Crippen molar-refractivity contribution in [3.05, 3.63) is 28.8 Å². The second-order valence-corrected chi connectivity index (χ2v) is 5.06. The number of urea groups is 1. The molecule has 0 aliphatic rings. The number of hydrogen-bond donors (Lipinski definition) is 2. The number of amides is 2. The number of carbonyl (C=O) groups is 2. The average molecular weight is 310 g/mol. The van der Waals surface area contributed by atoms with Crippen molar-refractivity contribution in [1.29, 1.82) is 5.26 Å². The Kier molecular flexibility index (Phi) is 6.00. The number of nitrogens with zero attached hydrogens (tertiary/aromatic N) is 2. The van der Waals surface area contributed by atoms with Gasteiger partial charge >= 0.3 is 12.0 Å². The van der Waals surface area contributed by atoms with Gasteiger partial charge in [0.25, 0.3) is 0 Å². The van der Waals surface area contributed by atoms with Crippen molar-refractivity contribution in [3.63, 3.8) is 0 Å². The van der Waals surface area contributed by atoms with E-state index in [4.69, 9.17) is 22.0 Å². The summed E-state index contributed by atoms with van der Waals surface area (Å²) in [6.45, 7) is 3.91. The van der Waals surface area contributed by atoms with Gasteiger partial charge in [0.1, 0.15) is 0 Å². The van der Waals surface area contributed by atoms with Crippen molar-refractivity contribution < 1.29 is 14.7 Å². The van der Waals surface area contributed by atoms with Gasteiger partial charge < -0.3 is 15.3 Å². The van der Waals surface area contributed by atoms with Crippen molar-refractivity contribution in [2.75, 3.05) is 11.9 Å². The van der Waals surface area contributed by atoms with Crippen LogP contribution in [0, 0.1) is 11.3 Å². The number of rotatable bonds is 5. The van der Waals surface area contributed by atoms with E-state index in [9.17, 15) is 9.59 Å². The molecule has 0 spiro atoms. The number of anilines is 1. The van der Waals surface area contributed by atoms with E-state index >= 15 is 0 Å². The summed E-state index contributed by atoms with van der Waals surface area (Å²) in [5.74, 6) is -1.18. The van der Waals surface area contributed by atoms with Crippen LogP contribution in [0.2, 0.25) is 5.02 Å². The molecule has 21 heavy (non-hydrogen) atoms. The van der Waals surface area contributed by atoms with Crippen LogP contribution in [0.3, 0.4) is 0 Å². The summed E-state index contributed by atoms with van der Waals surface area (Å²) in [6.07, 6.45) is 0.206. The minimum atomic E-state index is -1.18. The zero-order chi connectivity index (χ0) is 16.0. The lowest BCUT2D eigenvalue weighted by molar-refractivity contribution is 0.0698. The van der Waals surface area contributed by atoms with Gasteiger partial charge in [-0.2, -0.15) is 5.26 Å². The van der Waals surface area contributed by atoms with E-state index in [2.05, 4.69) is 5.32 Å². The third-order valence-electron chi connectivity index (χ3n) is 2.80. The predicted molar refractivity (Wildman–Crippen MR) is 79.5 cm³/mol. The zero-order valence-corrected chi connectivity index (χ0v) is 12.5. The van der Waals surface area contributed by atoms with Crippen LogP contribution >= 0.6 is 11.6 Å². The topological polar surface area (TPSA) is 93.4 Å². The van der Waals surface area contributed by atoms with Crippen LogP contribution in [0.1, 0.15) is 30.6 Å². The van der Waals surface area contributed by atoms with Crippen LogP contribution in [-0.2, 0) is 0 Å². The van der Waals surface area contributed by atoms with Crippen LogP contribution in [-0.4, -0.2) is 34.6 Å². The fourth-order valence-electron chi connectivity index (χ4n) is 1.75. The number of nitriles is 1. The Morgan fingerprint density at radius 2 is 2.14 bits per heavy atom. The number of nitrogens with one attached hydrogen (secondary N) is 1. The number of carboxylic acids is 1. The van der Waals surface area contributed by atoms with E-state index in [-0.39, 0.29) is 35.3 Å². The largest absolute Gasteiger partial charge is 0.478 e. The Morgan fingerprint density at radius 3 is 2.67 bits per heavy atom. The first-order valence-electron chi connectivity index (χ1n) is 6.34. The summed E-state index contributed by atoms with van der Waals surface area (Å²) in [4.78, 5) is 24.8. The maximum atomic E-state index is 12.2. The van der Waals surface area contributed by atoms with Gasteiger partial charge in [-0.15, -0.1) is 0 Å². The van der Waals surface area contributed by atoms with Gasteiger partial charge in [-0.1, -0.05) is 11.6 Å². The fraction of sp³-hybridized carbons (Fsp3) is 0.357. The Hall–Kier alpha value is -2.26. The number of carboxylic acid groups (broad SMARTS) is 1. The molecule has 1 rings (SSSR count). The Balaban J connectivity index is 2.96. The molecule has 0 heterocycles. The van der Waals surface area contributed by atoms with Gasteiger partial charge in [0, 0.05) is 17.6 Å². The molecule has 0 fully saturated rings. The number of carbonyl (C=O) groups excluding carboxylic acids is 1. The molecule has 2 amide bonds. The number of aromatic carboxylic acids is 1. The van der Waals surface area contributed by atoms with Gasteiger partial charge in [0.05, 0.1) is 23.7 Å². The van der Waals surface area contributed by atoms with Crippen molar-refractivity contribution >= 4 is 29.3 Å². The standard InChI is InChI=1S/C14H16ClN3O3/c1-9(2)18(7-3-6-16)14(21)17-12-5-4-10(15)8-11(12)13(19)20/h4-5,8-9H,3,7H2,1-2H3,(H,17,21)(H,19,20). The predicted octanol–water partition coefficient (Wildman–Crippen LogP) is 3.19. The molecule has 0 aliphatic heterocycles. The zero-order valence-electron chi connectivity index (χ0n) is 11.8. The highest BCUT2D eigenvalue weighted by atomic mass is 35.5. The summed E-state index contributed by atoms with van der Waals surface area (Å²) in [6, 6.07) is 5.62. The number of halogens is 1. The number of benzene rings is 1. The van der Waals surface area contributed by atoms with Crippen LogP contribution in [0.25, 0.3) is 0 Å². The molecule has 0 aliphatic carbocycles. The molecule has 0 saturated heterocycles. The maximum absolute atomic E-state index is 12.2. The Labute approximate surface area is 127 Å². The highest BCUT2D eigenvalue weighted by Crippen LogP contribution is 2.21. The molecule has 1 aromatic carbocycles. The first kappa shape index (κ1) is 16.8. The summed E-state index contributed by atoms with van der Waals surface area (Å²) >= 11 is 5.76. The molecule has 112 valence electrons. The maximum Gasteiger partial charge on any atom is 0.337 e. The molecular weight excluding hydrogens is 294 g/mol. The van der Waals surface area contributed by atoms with E-state index in [1.165, 1.54) is 23.1 Å². The van der Waals surface area contributed by atoms with Crippen LogP contribution in [0.4, 0.5) is 10.5 Å². The summed E-state index contributed by atoms with van der Waals surface area (Å²) in [7, 11) is 0. The Bertz CT molecular complexity index is 581. The first-order valence-corrected chi connectivity index (χ1v) is 6.72. The van der Waals surface area contributed by atoms with Crippen molar-refractivity contribution in [2.24, 2.45) is 0 Å². The van der Waals surface area contributed by atoms with Gasteiger partial charge in [0.2, 0.25) is 0 Å². The molecule has 1 aromatic rings. The molecule has 6 nitrogen and oxygen atoms in total. The first-order chi connectivity index (χ1) is 9.86. The SMILES string of the molecule is CC(C)N(CCC#N)C(=O)Nc1ccc(Cl)cc1C(=O)O. The van der Waals surface area contributed by atoms with Gasteiger partial charge in [-0.25, -0.2) is 9.59 Å². The van der Waals surface area contributed by atoms with Crippen LogP contribution < -0.4 is 5.32 Å². The highest BCUT2D eigenvalue weighted by Gasteiger charge is 2.19. The average Bonchev–Trinajstić information content (AvgIpc) is 2.40. The fourth-order valence-corrected chi connectivity index (χ4v) is 1.93. The third kappa shape index (κ3) is 4.65. The monoisotopic (exact) mass is 309 g/mol. The lowest BCUT2D eigenvalue weighted by Crippen LogP contribution is -2.40. The van der Waals surface area contributed by atoms with Gasteiger partial charge in [-0.05, 0) is 32.0 Å². The van der Waals surface area contributed by atoms with E-state index < -0.39 is 12.0 Å². The van der Waals surface area contributed by atoms with E-state index in [1.54, 1.807) is 0 Å². The highest BCUT2D eigenvalue weighted by molar-refractivity contribution is 6.31. The van der Waals surface area contributed by atoms with Crippen LogP contribution in [0.15, 0.2) is 18.2 Å². The molecule has 0 atom stereocenters. The van der Waals surface area contributed by atoms with Gasteiger partial charge in [0.15, 0.2) is 0 Å². The molecule has 0 aromatic heterocycles. The lowest BCUT2D eigenvalue weighted by atomic mass is 10.2. The molecule has 0 radical (unpaired) electrons. The summed E-state index contributed by atoms with van der Waals surface area (Å²) in [5, 5.41) is 20.6. The Morgan fingerprint density at radius 1 is 1.48 bits per heavy atom. The van der Waals surface area contributed by atoms with E-state index in [0.29, 0.717) is 0 Å².